The highest BCUT2D eigenvalue weighted by Gasteiger charge is 2.39. The summed E-state index contributed by atoms with van der Waals surface area (Å²) in [6, 6.07) is -0.353. The average Bonchev–Trinajstić information content (AvgIpc) is 2.68. The minimum Gasteiger partial charge on any atom is -0.392 e. The van der Waals surface area contributed by atoms with Crippen molar-refractivity contribution in [3.8, 4) is 0 Å². The van der Waals surface area contributed by atoms with Gasteiger partial charge in [0.05, 0.1) is 6.10 Å². The smallest absolute Gasteiger partial charge is 0.245 e. The van der Waals surface area contributed by atoms with Gasteiger partial charge in [-0.1, -0.05) is 13.8 Å². The first-order valence-electron chi connectivity index (χ1n) is 6.16. The summed E-state index contributed by atoms with van der Waals surface area (Å²) in [5.74, 6) is -0.0459. The molecule has 2 rings (SSSR count). The minimum absolute atomic E-state index is 0.00387. The van der Waals surface area contributed by atoms with Gasteiger partial charge < -0.3 is 15.3 Å². The molecule has 0 aromatic rings. The predicted molar refractivity (Wildman–Crippen MR) is 62.1 cm³/mol. The molecule has 0 bridgehead atoms. The molecule has 2 saturated heterocycles. The fraction of sp³-hybridized carbons (Fsp3) is 0.833. The molecular formula is C12H20N2O3. The van der Waals surface area contributed by atoms with Crippen LogP contribution >= 0.6 is 0 Å². The maximum atomic E-state index is 12.2. The van der Waals surface area contributed by atoms with Gasteiger partial charge in [0.2, 0.25) is 11.8 Å². The number of aliphatic hydroxyl groups excluding tert-OH is 1. The number of hydrogen-bond donors (Lipinski definition) is 2. The summed E-state index contributed by atoms with van der Waals surface area (Å²) in [5.41, 5.74) is -0.267. The Balaban J connectivity index is 1.99. The van der Waals surface area contributed by atoms with Crippen molar-refractivity contribution < 1.29 is 14.7 Å². The minimum atomic E-state index is -0.357. The highest BCUT2D eigenvalue weighted by atomic mass is 16.3. The Kier molecular flexibility index (Phi) is 3.12. The van der Waals surface area contributed by atoms with Gasteiger partial charge in [0, 0.05) is 24.9 Å². The predicted octanol–water partition coefficient (Wildman–Crippen LogP) is -0.116. The average molecular weight is 240 g/mol. The third kappa shape index (κ3) is 2.44. The summed E-state index contributed by atoms with van der Waals surface area (Å²) in [7, 11) is 0. The number of nitrogens with zero attached hydrogens (tertiary/aromatic N) is 1. The van der Waals surface area contributed by atoms with E-state index in [0.717, 1.165) is 0 Å². The lowest BCUT2D eigenvalue weighted by atomic mass is 9.81. The van der Waals surface area contributed by atoms with Crippen molar-refractivity contribution in [2.24, 2.45) is 5.41 Å². The van der Waals surface area contributed by atoms with E-state index >= 15 is 0 Å². The van der Waals surface area contributed by atoms with E-state index in [1.807, 2.05) is 13.8 Å². The van der Waals surface area contributed by atoms with Gasteiger partial charge in [-0.25, -0.2) is 0 Å². The number of hydrogen-bond acceptors (Lipinski definition) is 3. The van der Waals surface area contributed by atoms with Crippen LogP contribution in [0.1, 0.15) is 33.1 Å². The zero-order valence-corrected chi connectivity index (χ0v) is 10.4. The fourth-order valence-electron chi connectivity index (χ4n) is 2.55. The molecular weight excluding hydrogens is 220 g/mol. The van der Waals surface area contributed by atoms with Crippen LogP contribution in [0.15, 0.2) is 0 Å². The molecule has 0 radical (unpaired) electrons. The van der Waals surface area contributed by atoms with E-state index in [0.29, 0.717) is 32.4 Å². The molecule has 0 spiro atoms. The molecule has 2 aliphatic rings. The Bertz CT molecular complexity index is 341. The van der Waals surface area contributed by atoms with Crippen LogP contribution in [-0.2, 0) is 9.59 Å². The molecule has 2 unspecified atom stereocenters. The number of likely N-dealkylation sites (tertiary alicyclic amines) is 1. The van der Waals surface area contributed by atoms with Crippen molar-refractivity contribution in [3.63, 3.8) is 0 Å². The van der Waals surface area contributed by atoms with Crippen LogP contribution in [0, 0.1) is 5.41 Å². The molecule has 96 valence electrons. The first-order valence-corrected chi connectivity index (χ1v) is 6.16. The van der Waals surface area contributed by atoms with Crippen LogP contribution in [-0.4, -0.2) is 47.1 Å². The van der Waals surface area contributed by atoms with E-state index in [-0.39, 0.29) is 29.4 Å². The van der Waals surface area contributed by atoms with Gasteiger partial charge in [-0.3, -0.25) is 9.59 Å². The summed E-state index contributed by atoms with van der Waals surface area (Å²) >= 11 is 0. The molecule has 2 N–H and O–H groups in total. The Morgan fingerprint density at radius 3 is 2.71 bits per heavy atom. The maximum Gasteiger partial charge on any atom is 0.245 e. The first kappa shape index (κ1) is 12.4. The van der Waals surface area contributed by atoms with Gasteiger partial charge in [0.1, 0.15) is 6.04 Å². The molecule has 0 saturated carbocycles. The van der Waals surface area contributed by atoms with Crippen molar-refractivity contribution in [1.82, 2.24) is 10.2 Å². The molecule has 5 heteroatoms. The number of carbonyl (C=O) groups is 2. The Morgan fingerprint density at radius 1 is 1.47 bits per heavy atom. The molecule has 0 aromatic carbocycles. The summed E-state index contributed by atoms with van der Waals surface area (Å²) in [4.78, 5) is 25.0. The molecule has 2 heterocycles. The second-order valence-electron chi connectivity index (χ2n) is 5.71. The lowest BCUT2D eigenvalue weighted by Crippen LogP contribution is -2.54. The van der Waals surface area contributed by atoms with Gasteiger partial charge >= 0.3 is 0 Å². The normalized spacial score (nSPS) is 32.4. The number of nitrogens with one attached hydrogen (secondary N) is 1. The first-order chi connectivity index (χ1) is 7.90. The van der Waals surface area contributed by atoms with Crippen LogP contribution in [0.25, 0.3) is 0 Å². The molecule has 2 aliphatic heterocycles. The summed E-state index contributed by atoms with van der Waals surface area (Å²) in [6.45, 7) is 5.06. The maximum absolute atomic E-state index is 12.2. The monoisotopic (exact) mass is 240 g/mol. The van der Waals surface area contributed by atoms with Gasteiger partial charge in [0.15, 0.2) is 0 Å². The van der Waals surface area contributed by atoms with Crippen LogP contribution in [0.4, 0.5) is 0 Å². The van der Waals surface area contributed by atoms with E-state index in [1.165, 1.54) is 0 Å². The van der Waals surface area contributed by atoms with E-state index in [4.69, 9.17) is 0 Å². The third-order valence-electron chi connectivity index (χ3n) is 3.78. The SMILES string of the molecule is CC1(C)CN(C(=O)C2CCC(=O)N2)CCC1O. The van der Waals surface area contributed by atoms with Crippen molar-refractivity contribution in [1.29, 1.82) is 0 Å². The van der Waals surface area contributed by atoms with Gasteiger partial charge in [-0.2, -0.15) is 0 Å². The molecule has 0 aliphatic carbocycles. The summed E-state index contributed by atoms with van der Waals surface area (Å²) in [5, 5.41) is 12.5. The Hall–Kier alpha value is -1.10. The van der Waals surface area contributed by atoms with E-state index < -0.39 is 0 Å². The summed E-state index contributed by atoms with van der Waals surface area (Å²) in [6.07, 6.45) is 1.29. The number of piperidine rings is 1. The molecule has 2 fully saturated rings. The third-order valence-corrected chi connectivity index (χ3v) is 3.78. The summed E-state index contributed by atoms with van der Waals surface area (Å²) < 4.78 is 0. The second kappa shape index (κ2) is 4.29. The molecule has 0 aromatic heterocycles. The Morgan fingerprint density at radius 2 is 2.18 bits per heavy atom. The van der Waals surface area contributed by atoms with Crippen LogP contribution in [0.5, 0.6) is 0 Å². The zero-order chi connectivity index (χ0) is 12.6. The topological polar surface area (TPSA) is 69.6 Å². The highest BCUT2D eigenvalue weighted by Crippen LogP contribution is 2.29. The molecule has 2 amide bonds. The number of carbonyl (C=O) groups excluding carboxylic acids is 2. The number of amides is 2. The lowest BCUT2D eigenvalue weighted by Gasteiger charge is -2.42. The van der Waals surface area contributed by atoms with E-state index in [2.05, 4.69) is 5.32 Å². The van der Waals surface area contributed by atoms with Gasteiger partial charge in [-0.05, 0) is 12.8 Å². The zero-order valence-electron chi connectivity index (χ0n) is 10.4. The molecule has 5 nitrogen and oxygen atoms in total. The van der Waals surface area contributed by atoms with Gasteiger partial charge in [-0.15, -0.1) is 0 Å². The lowest BCUT2D eigenvalue weighted by molar-refractivity contribution is -0.140. The van der Waals surface area contributed by atoms with Crippen molar-refractivity contribution in [2.75, 3.05) is 13.1 Å². The van der Waals surface area contributed by atoms with E-state index in [1.54, 1.807) is 4.90 Å². The van der Waals surface area contributed by atoms with E-state index in [9.17, 15) is 14.7 Å². The van der Waals surface area contributed by atoms with Crippen molar-refractivity contribution in [3.05, 3.63) is 0 Å². The molecule has 17 heavy (non-hydrogen) atoms. The van der Waals surface area contributed by atoms with Crippen LogP contribution < -0.4 is 5.32 Å². The standard InChI is InChI=1S/C12H20N2O3/c1-12(2)7-14(6-5-9(12)15)11(17)8-3-4-10(16)13-8/h8-9,15H,3-7H2,1-2H3,(H,13,16). The highest BCUT2D eigenvalue weighted by molar-refractivity contribution is 5.90. The van der Waals surface area contributed by atoms with Gasteiger partial charge in [0.25, 0.3) is 0 Å². The Labute approximate surface area is 101 Å². The quantitative estimate of drug-likeness (QED) is 0.671. The number of aliphatic hydroxyl groups is 1. The van der Waals surface area contributed by atoms with Crippen molar-refractivity contribution in [2.45, 2.75) is 45.3 Å². The number of rotatable bonds is 1. The van der Waals surface area contributed by atoms with Crippen LogP contribution in [0.2, 0.25) is 0 Å². The molecule has 2 atom stereocenters. The largest absolute Gasteiger partial charge is 0.392 e. The fourth-order valence-corrected chi connectivity index (χ4v) is 2.55. The van der Waals surface area contributed by atoms with Crippen LogP contribution in [0.3, 0.4) is 0 Å². The van der Waals surface area contributed by atoms with Crippen molar-refractivity contribution >= 4 is 11.8 Å². The second-order valence-corrected chi connectivity index (χ2v) is 5.71.